The van der Waals surface area contributed by atoms with Gasteiger partial charge in [-0.3, -0.25) is 0 Å². The van der Waals surface area contributed by atoms with Gasteiger partial charge in [0.05, 0.1) is 0 Å². The van der Waals surface area contributed by atoms with Crippen LogP contribution in [0, 0.1) is 0 Å². The van der Waals surface area contributed by atoms with Crippen LogP contribution in [0.3, 0.4) is 0 Å². The van der Waals surface area contributed by atoms with E-state index in [9.17, 15) is 0 Å². The van der Waals surface area contributed by atoms with Crippen LogP contribution in [-0.2, 0) is 0 Å². The molecule has 100 valence electrons. The van der Waals surface area contributed by atoms with Gasteiger partial charge in [0.15, 0.2) is 0 Å². The van der Waals surface area contributed by atoms with E-state index in [0.717, 1.165) is 17.6 Å². The predicted molar refractivity (Wildman–Crippen MR) is 82.3 cm³/mol. The van der Waals surface area contributed by atoms with E-state index < -0.39 is 0 Å². The van der Waals surface area contributed by atoms with Gasteiger partial charge in [-0.15, -0.1) is 0 Å². The highest BCUT2D eigenvalue weighted by Gasteiger charge is 2.24. The first-order chi connectivity index (χ1) is 8.70. The standard InChI is InChI=1S/C15H23BrN2/c1-3-9-17-14-8-10-18(12(2)11-14)15-6-4-13(16)5-7-15/h4-7,12,14,17H,3,8-11H2,1-2H3. The Morgan fingerprint density at radius 1 is 1.33 bits per heavy atom. The minimum Gasteiger partial charge on any atom is -0.369 e. The Bertz CT molecular complexity index is 363. The molecule has 18 heavy (non-hydrogen) atoms. The number of halogens is 1. The van der Waals surface area contributed by atoms with Gasteiger partial charge in [-0.05, 0) is 57.0 Å². The van der Waals surface area contributed by atoms with Crippen LogP contribution in [0.15, 0.2) is 28.7 Å². The largest absolute Gasteiger partial charge is 0.369 e. The normalized spacial score (nSPS) is 24.3. The Balaban J connectivity index is 1.94. The first kappa shape index (κ1) is 13.9. The quantitative estimate of drug-likeness (QED) is 0.910. The highest BCUT2D eigenvalue weighted by Crippen LogP contribution is 2.26. The monoisotopic (exact) mass is 310 g/mol. The molecular weight excluding hydrogens is 288 g/mol. The third-order valence-electron chi connectivity index (χ3n) is 3.72. The minimum absolute atomic E-state index is 0.620. The maximum Gasteiger partial charge on any atom is 0.0369 e. The average Bonchev–Trinajstić information content (AvgIpc) is 2.38. The third kappa shape index (κ3) is 3.48. The number of hydrogen-bond acceptors (Lipinski definition) is 2. The summed E-state index contributed by atoms with van der Waals surface area (Å²) in [5.41, 5.74) is 1.35. The molecule has 0 spiro atoms. The Hall–Kier alpha value is -0.540. The molecule has 0 aromatic heterocycles. The summed E-state index contributed by atoms with van der Waals surface area (Å²) in [5, 5.41) is 3.65. The van der Waals surface area contributed by atoms with Gasteiger partial charge in [0.1, 0.15) is 0 Å². The highest BCUT2D eigenvalue weighted by atomic mass is 79.9. The number of benzene rings is 1. The number of piperidine rings is 1. The zero-order valence-corrected chi connectivity index (χ0v) is 12.9. The number of rotatable bonds is 4. The van der Waals surface area contributed by atoms with Crippen LogP contribution in [0.4, 0.5) is 5.69 Å². The van der Waals surface area contributed by atoms with Gasteiger partial charge in [-0.25, -0.2) is 0 Å². The van der Waals surface area contributed by atoms with Gasteiger partial charge >= 0.3 is 0 Å². The van der Waals surface area contributed by atoms with Crippen molar-refractivity contribution in [3.05, 3.63) is 28.7 Å². The summed E-state index contributed by atoms with van der Waals surface area (Å²) in [7, 11) is 0. The second kappa shape index (κ2) is 6.58. The molecule has 2 atom stereocenters. The summed E-state index contributed by atoms with van der Waals surface area (Å²) < 4.78 is 1.15. The van der Waals surface area contributed by atoms with Gasteiger partial charge in [-0.2, -0.15) is 0 Å². The van der Waals surface area contributed by atoms with Crippen LogP contribution in [0.25, 0.3) is 0 Å². The smallest absolute Gasteiger partial charge is 0.0369 e. The molecule has 0 saturated carbocycles. The van der Waals surface area contributed by atoms with Crippen molar-refractivity contribution in [2.75, 3.05) is 18.0 Å². The van der Waals surface area contributed by atoms with Gasteiger partial charge in [0.25, 0.3) is 0 Å². The lowest BCUT2D eigenvalue weighted by Crippen LogP contribution is -2.47. The first-order valence-electron chi connectivity index (χ1n) is 6.96. The number of anilines is 1. The van der Waals surface area contributed by atoms with E-state index in [0.29, 0.717) is 12.1 Å². The fourth-order valence-corrected chi connectivity index (χ4v) is 2.99. The fraction of sp³-hybridized carbons (Fsp3) is 0.600. The third-order valence-corrected chi connectivity index (χ3v) is 4.25. The van der Waals surface area contributed by atoms with Crippen molar-refractivity contribution < 1.29 is 0 Å². The van der Waals surface area contributed by atoms with E-state index in [4.69, 9.17) is 0 Å². The molecule has 1 heterocycles. The Morgan fingerprint density at radius 2 is 2.06 bits per heavy atom. The topological polar surface area (TPSA) is 15.3 Å². The molecule has 1 N–H and O–H groups in total. The summed E-state index contributed by atoms with van der Waals surface area (Å²) in [5.74, 6) is 0. The van der Waals surface area contributed by atoms with E-state index >= 15 is 0 Å². The van der Waals surface area contributed by atoms with Crippen molar-refractivity contribution in [1.29, 1.82) is 0 Å². The van der Waals surface area contributed by atoms with Crippen molar-refractivity contribution in [2.45, 2.75) is 45.2 Å². The Kier molecular flexibility index (Phi) is 5.07. The van der Waals surface area contributed by atoms with Gasteiger partial charge < -0.3 is 10.2 Å². The number of nitrogens with zero attached hydrogens (tertiary/aromatic N) is 1. The molecule has 2 nitrogen and oxygen atoms in total. The van der Waals surface area contributed by atoms with Crippen molar-refractivity contribution in [3.8, 4) is 0 Å². The molecule has 1 aromatic rings. The molecule has 0 radical (unpaired) electrons. The molecule has 2 rings (SSSR count). The van der Waals surface area contributed by atoms with Crippen molar-refractivity contribution >= 4 is 21.6 Å². The lowest BCUT2D eigenvalue weighted by molar-refractivity contribution is 0.369. The molecule has 1 fully saturated rings. The van der Waals surface area contributed by atoms with Crippen molar-refractivity contribution in [3.63, 3.8) is 0 Å². The van der Waals surface area contributed by atoms with Crippen molar-refractivity contribution in [1.82, 2.24) is 5.32 Å². The summed E-state index contributed by atoms with van der Waals surface area (Å²) in [4.78, 5) is 2.52. The fourth-order valence-electron chi connectivity index (χ4n) is 2.72. The summed E-state index contributed by atoms with van der Waals surface area (Å²) in [6.45, 7) is 6.87. The lowest BCUT2D eigenvalue weighted by Gasteiger charge is -2.39. The lowest BCUT2D eigenvalue weighted by atomic mass is 9.97. The van der Waals surface area contributed by atoms with Crippen LogP contribution in [-0.4, -0.2) is 25.2 Å². The van der Waals surface area contributed by atoms with Crippen LogP contribution in [0.5, 0.6) is 0 Å². The zero-order valence-electron chi connectivity index (χ0n) is 11.3. The molecule has 3 heteroatoms. The molecule has 0 bridgehead atoms. The highest BCUT2D eigenvalue weighted by molar-refractivity contribution is 9.10. The van der Waals surface area contributed by atoms with Gasteiger partial charge in [-0.1, -0.05) is 22.9 Å². The average molecular weight is 311 g/mol. The van der Waals surface area contributed by atoms with E-state index in [2.05, 4.69) is 64.3 Å². The van der Waals surface area contributed by atoms with Crippen LogP contribution >= 0.6 is 15.9 Å². The summed E-state index contributed by atoms with van der Waals surface area (Å²) in [6, 6.07) is 9.99. The van der Waals surface area contributed by atoms with Crippen LogP contribution in [0.1, 0.15) is 33.1 Å². The maximum atomic E-state index is 3.65. The van der Waals surface area contributed by atoms with E-state index in [1.807, 2.05) is 0 Å². The van der Waals surface area contributed by atoms with E-state index in [1.54, 1.807) is 0 Å². The van der Waals surface area contributed by atoms with Crippen molar-refractivity contribution in [2.24, 2.45) is 0 Å². The molecule has 2 unspecified atom stereocenters. The molecular formula is C15H23BrN2. The molecule has 0 amide bonds. The molecule has 1 aliphatic rings. The SMILES string of the molecule is CCCNC1CCN(c2ccc(Br)cc2)C(C)C1. The maximum absolute atomic E-state index is 3.65. The van der Waals surface area contributed by atoms with E-state index in [-0.39, 0.29) is 0 Å². The number of nitrogens with one attached hydrogen (secondary N) is 1. The molecule has 1 saturated heterocycles. The van der Waals surface area contributed by atoms with E-state index in [1.165, 1.54) is 24.9 Å². The van der Waals surface area contributed by atoms with Crippen LogP contribution in [0.2, 0.25) is 0 Å². The number of hydrogen-bond donors (Lipinski definition) is 1. The Morgan fingerprint density at radius 3 is 2.67 bits per heavy atom. The molecule has 1 aromatic carbocycles. The minimum atomic E-state index is 0.620. The Labute approximate surface area is 119 Å². The van der Waals surface area contributed by atoms with Crippen LogP contribution < -0.4 is 10.2 Å². The zero-order chi connectivity index (χ0) is 13.0. The summed E-state index contributed by atoms with van der Waals surface area (Å²) >= 11 is 3.49. The second-order valence-electron chi connectivity index (χ2n) is 5.19. The van der Waals surface area contributed by atoms with Gasteiger partial charge in [0, 0.05) is 28.8 Å². The molecule has 1 aliphatic heterocycles. The molecule has 0 aliphatic carbocycles. The summed E-state index contributed by atoms with van der Waals surface area (Å²) in [6.07, 6.45) is 3.72. The predicted octanol–water partition coefficient (Wildman–Crippen LogP) is 3.81. The first-order valence-corrected chi connectivity index (χ1v) is 7.75. The van der Waals surface area contributed by atoms with Gasteiger partial charge in [0.2, 0.25) is 0 Å². The second-order valence-corrected chi connectivity index (χ2v) is 6.11.